The number of hydrogen-bond acceptors (Lipinski definition) is 4. The van der Waals surface area contributed by atoms with E-state index in [0.717, 1.165) is 6.92 Å². The molecule has 0 radical (unpaired) electrons. The standard InChI is InChI=1S/C4H8O4.C2H4O2/c1-7-3-8-2-4(5)6;1-2(3)4/h2-3H2,1H3,(H,5,6);1H3,(H,3,4). The van der Waals surface area contributed by atoms with Gasteiger partial charge in [0.2, 0.25) is 0 Å². The zero-order valence-corrected chi connectivity index (χ0v) is 6.94. The summed E-state index contributed by atoms with van der Waals surface area (Å²) in [7, 11) is 1.43. The van der Waals surface area contributed by atoms with E-state index in [1.165, 1.54) is 7.11 Å². The molecule has 0 unspecified atom stereocenters. The Balaban J connectivity index is 0. The van der Waals surface area contributed by atoms with Crippen molar-refractivity contribution in [3.05, 3.63) is 0 Å². The minimum Gasteiger partial charge on any atom is -0.481 e. The molecule has 0 saturated carbocycles. The van der Waals surface area contributed by atoms with Crippen LogP contribution in [0.2, 0.25) is 0 Å². The van der Waals surface area contributed by atoms with Crippen molar-refractivity contribution in [2.75, 3.05) is 20.5 Å². The molecule has 6 nitrogen and oxygen atoms in total. The van der Waals surface area contributed by atoms with E-state index in [1.54, 1.807) is 0 Å². The molecule has 0 amide bonds. The molecule has 0 aliphatic rings. The van der Waals surface area contributed by atoms with Gasteiger partial charge in [-0.2, -0.15) is 0 Å². The Hall–Kier alpha value is -1.14. The van der Waals surface area contributed by atoms with Crippen LogP contribution in [0.5, 0.6) is 0 Å². The van der Waals surface area contributed by atoms with E-state index in [0.29, 0.717) is 0 Å². The van der Waals surface area contributed by atoms with Crippen LogP contribution >= 0.6 is 0 Å². The third-order valence-corrected chi connectivity index (χ3v) is 0.427. The van der Waals surface area contributed by atoms with Crippen LogP contribution in [0.1, 0.15) is 6.92 Å². The second kappa shape index (κ2) is 9.86. The SMILES string of the molecule is CC(=O)O.COCOCC(=O)O. The fraction of sp³-hybridized carbons (Fsp3) is 0.667. The molecule has 0 aliphatic carbocycles. The molecule has 0 aromatic heterocycles. The molecule has 12 heavy (non-hydrogen) atoms. The minimum atomic E-state index is -0.984. The van der Waals surface area contributed by atoms with Gasteiger partial charge in [-0.25, -0.2) is 4.79 Å². The van der Waals surface area contributed by atoms with Crippen LogP contribution in [-0.2, 0) is 19.1 Å². The highest BCUT2D eigenvalue weighted by Gasteiger charge is 1.92. The van der Waals surface area contributed by atoms with Crippen molar-refractivity contribution in [2.45, 2.75) is 6.92 Å². The van der Waals surface area contributed by atoms with Crippen LogP contribution in [0.4, 0.5) is 0 Å². The van der Waals surface area contributed by atoms with Crippen molar-refractivity contribution in [1.82, 2.24) is 0 Å². The highest BCUT2D eigenvalue weighted by molar-refractivity contribution is 5.67. The lowest BCUT2D eigenvalue weighted by molar-refractivity contribution is -0.146. The highest BCUT2D eigenvalue weighted by Crippen LogP contribution is 1.72. The molecule has 0 bridgehead atoms. The fourth-order valence-corrected chi connectivity index (χ4v) is 0.212. The number of carboxylic acids is 2. The van der Waals surface area contributed by atoms with Gasteiger partial charge in [0.1, 0.15) is 13.4 Å². The summed E-state index contributed by atoms with van der Waals surface area (Å²) in [4.78, 5) is 18.7. The molecule has 0 aliphatic heterocycles. The largest absolute Gasteiger partial charge is 0.481 e. The summed E-state index contributed by atoms with van der Waals surface area (Å²) in [6.07, 6.45) is 0. The predicted octanol–water partition coefficient (Wildman–Crippen LogP) is -0.218. The zero-order valence-electron chi connectivity index (χ0n) is 6.94. The smallest absolute Gasteiger partial charge is 0.329 e. The quantitative estimate of drug-likeness (QED) is 0.459. The number of hydrogen-bond donors (Lipinski definition) is 2. The van der Waals surface area contributed by atoms with Crippen molar-refractivity contribution >= 4 is 11.9 Å². The van der Waals surface area contributed by atoms with Gasteiger partial charge in [-0.3, -0.25) is 4.79 Å². The molecular formula is C6H12O6. The Bertz CT molecular complexity index is 128. The topological polar surface area (TPSA) is 93.1 Å². The summed E-state index contributed by atoms with van der Waals surface area (Å²) in [5.74, 6) is -1.82. The monoisotopic (exact) mass is 180 g/mol. The van der Waals surface area contributed by atoms with Gasteiger partial charge >= 0.3 is 5.97 Å². The summed E-state index contributed by atoms with van der Waals surface area (Å²) >= 11 is 0. The van der Waals surface area contributed by atoms with Crippen LogP contribution < -0.4 is 0 Å². The van der Waals surface area contributed by atoms with Gasteiger partial charge in [0.05, 0.1) is 0 Å². The molecule has 2 N–H and O–H groups in total. The molecule has 0 saturated heterocycles. The van der Waals surface area contributed by atoms with Gasteiger partial charge in [-0.05, 0) is 0 Å². The maximum absolute atomic E-state index is 9.69. The average molecular weight is 180 g/mol. The van der Waals surface area contributed by atoms with Gasteiger partial charge in [0.15, 0.2) is 0 Å². The zero-order chi connectivity index (χ0) is 9.98. The maximum atomic E-state index is 9.69. The van der Waals surface area contributed by atoms with E-state index in [1.807, 2.05) is 0 Å². The minimum absolute atomic E-state index is 0.0340. The average Bonchev–Trinajstić information content (AvgIpc) is 1.86. The lowest BCUT2D eigenvalue weighted by atomic mass is 10.8. The number of carbonyl (C=O) groups is 2. The highest BCUT2D eigenvalue weighted by atomic mass is 16.7. The maximum Gasteiger partial charge on any atom is 0.329 e. The predicted molar refractivity (Wildman–Crippen MR) is 38.8 cm³/mol. The summed E-state index contributed by atoms with van der Waals surface area (Å²) < 4.78 is 8.83. The Morgan fingerprint density at radius 2 is 1.75 bits per heavy atom. The Labute approximate surface area is 69.7 Å². The van der Waals surface area contributed by atoms with Crippen molar-refractivity contribution in [2.24, 2.45) is 0 Å². The first kappa shape index (κ1) is 13.4. The van der Waals surface area contributed by atoms with Crippen LogP contribution in [0.3, 0.4) is 0 Å². The number of rotatable bonds is 4. The Morgan fingerprint density at radius 3 is 2.00 bits per heavy atom. The van der Waals surface area contributed by atoms with Crippen LogP contribution in [-0.4, -0.2) is 42.7 Å². The van der Waals surface area contributed by atoms with Gasteiger partial charge in [0.25, 0.3) is 5.97 Å². The van der Waals surface area contributed by atoms with Gasteiger partial charge < -0.3 is 19.7 Å². The molecule has 0 heterocycles. The van der Waals surface area contributed by atoms with E-state index in [-0.39, 0.29) is 13.4 Å². The molecule has 0 aromatic rings. The van der Waals surface area contributed by atoms with E-state index < -0.39 is 11.9 Å². The van der Waals surface area contributed by atoms with E-state index in [2.05, 4.69) is 9.47 Å². The first-order valence-electron chi connectivity index (χ1n) is 2.98. The number of methoxy groups -OCH3 is 1. The van der Waals surface area contributed by atoms with Gasteiger partial charge in [-0.15, -0.1) is 0 Å². The van der Waals surface area contributed by atoms with E-state index >= 15 is 0 Å². The first-order valence-corrected chi connectivity index (χ1v) is 2.98. The number of aliphatic carboxylic acids is 2. The molecular weight excluding hydrogens is 168 g/mol. The van der Waals surface area contributed by atoms with E-state index in [9.17, 15) is 4.79 Å². The summed E-state index contributed by atoms with van der Waals surface area (Å²) in [6.45, 7) is 0.820. The van der Waals surface area contributed by atoms with Crippen molar-refractivity contribution in [3.63, 3.8) is 0 Å². The lowest BCUT2D eigenvalue weighted by Gasteiger charge is -1.95. The fourth-order valence-electron chi connectivity index (χ4n) is 0.212. The van der Waals surface area contributed by atoms with E-state index in [4.69, 9.17) is 15.0 Å². The first-order chi connectivity index (χ1) is 5.50. The van der Waals surface area contributed by atoms with Crippen LogP contribution in [0, 0.1) is 0 Å². The normalized spacial score (nSPS) is 8.17. The molecule has 0 fully saturated rings. The molecule has 6 heteroatoms. The second-order valence-electron chi connectivity index (χ2n) is 1.67. The second-order valence-corrected chi connectivity index (χ2v) is 1.67. The number of carboxylic acid groups (broad SMARTS) is 2. The molecule has 72 valence electrons. The summed E-state index contributed by atoms with van der Waals surface area (Å²) in [5, 5.41) is 15.4. The van der Waals surface area contributed by atoms with Crippen molar-refractivity contribution < 1.29 is 29.3 Å². The Kier molecular flexibility index (Phi) is 11.1. The summed E-state index contributed by atoms with van der Waals surface area (Å²) in [6, 6.07) is 0. The number of ether oxygens (including phenoxy) is 2. The molecule has 0 rings (SSSR count). The van der Waals surface area contributed by atoms with Crippen molar-refractivity contribution in [3.8, 4) is 0 Å². The molecule has 0 aromatic carbocycles. The third-order valence-electron chi connectivity index (χ3n) is 0.427. The van der Waals surface area contributed by atoms with Gasteiger partial charge in [0, 0.05) is 14.0 Å². The lowest BCUT2D eigenvalue weighted by Crippen LogP contribution is -2.08. The summed E-state index contributed by atoms with van der Waals surface area (Å²) in [5.41, 5.74) is 0. The molecule has 0 spiro atoms. The Morgan fingerprint density at radius 1 is 1.33 bits per heavy atom. The third kappa shape index (κ3) is 36.7. The van der Waals surface area contributed by atoms with Crippen molar-refractivity contribution in [1.29, 1.82) is 0 Å². The molecule has 0 atom stereocenters. The van der Waals surface area contributed by atoms with Crippen LogP contribution in [0.15, 0.2) is 0 Å². The van der Waals surface area contributed by atoms with Gasteiger partial charge in [-0.1, -0.05) is 0 Å². The van der Waals surface area contributed by atoms with Crippen LogP contribution in [0.25, 0.3) is 0 Å².